The van der Waals surface area contributed by atoms with E-state index >= 15 is 0 Å². The Hall–Kier alpha value is 0.01000. The highest BCUT2D eigenvalue weighted by molar-refractivity contribution is 14.0. The summed E-state index contributed by atoms with van der Waals surface area (Å²) in [7, 11) is 0. The number of thioether (sulfide) groups is 1. The minimum absolute atomic E-state index is 0. The van der Waals surface area contributed by atoms with Gasteiger partial charge in [0.1, 0.15) is 0 Å². The largest absolute Gasteiger partial charge is 0.357 e. The Labute approximate surface area is 166 Å². The summed E-state index contributed by atoms with van der Waals surface area (Å²) in [4.78, 5) is 7.28. The standard InChI is InChI=1S/C16H30N4S2.HI/c1-5-17-16(18-9-11-21-4)19-12-15(20(6-2)7-3)14-8-10-22-13-14;/h8,10,13,15H,5-7,9,11-12H2,1-4H3,(H2,17,18,19);1H. The van der Waals surface area contributed by atoms with Crippen LogP contribution >= 0.6 is 47.1 Å². The van der Waals surface area contributed by atoms with Gasteiger partial charge in [-0.2, -0.15) is 23.1 Å². The predicted molar refractivity (Wildman–Crippen MR) is 118 cm³/mol. The highest BCUT2D eigenvalue weighted by atomic mass is 127. The van der Waals surface area contributed by atoms with E-state index in [1.807, 2.05) is 11.8 Å². The van der Waals surface area contributed by atoms with Crippen LogP contribution in [0.2, 0.25) is 0 Å². The van der Waals surface area contributed by atoms with Crippen LogP contribution in [0, 0.1) is 0 Å². The third-order valence-corrected chi connectivity index (χ3v) is 4.86. The molecule has 0 spiro atoms. The van der Waals surface area contributed by atoms with Crippen molar-refractivity contribution in [3.05, 3.63) is 22.4 Å². The van der Waals surface area contributed by atoms with Gasteiger partial charge in [-0.05, 0) is 48.7 Å². The number of guanidine groups is 1. The Balaban J connectivity index is 0.00000484. The topological polar surface area (TPSA) is 39.7 Å². The molecule has 0 aromatic carbocycles. The normalized spacial score (nSPS) is 12.8. The molecule has 1 unspecified atom stereocenters. The summed E-state index contributed by atoms with van der Waals surface area (Å²) in [6.45, 7) is 11.2. The molecule has 134 valence electrons. The molecule has 1 heterocycles. The van der Waals surface area contributed by atoms with Crippen LogP contribution in [-0.4, -0.2) is 55.6 Å². The van der Waals surface area contributed by atoms with E-state index in [-0.39, 0.29) is 24.0 Å². The first-order chi connectivity index (χ1) is 10.8. The summed E-state index contributed by atoms with van der Waals surface area (Å²) in [5, 5.41) is 11.1. The van der Waals surface area contributed by atoms with Crippen molar-refractivity contribution in [2.45, 2.75) is 26.8 Å². The Morgan fingerprint density at radius 1 is 1.30 bits per heavy atom. The molecule has 23 heavy (non-hydrogen) atoms. The first-order valence-corrected chi connectivity index (χ1v) is 10.4. The zero-order valence-corrected chi connectivity index (χ0v) is 18.6. The Bertz CT molecular complexity index is 408. The number of nitrogens with one attached hydrogen (secondary N) is 2. The van der Waals surface area contributed by atoms with Gasteiger partial charge in [-0.1, -0.05) is 13.8 Å². The summed E-state index contributed by atoms with van der Waals surface area (Å²) in [6.07, 6.45) is 2.12. The lowest BCUT2D eigenvalue weighted by Gasteiger charge is -2.28. The fourth-order valence-corrected chi connectivity index (χ4v) is 3.36. The van der Waals surface area contributed by atoms with Crippen LogP contribution in [0.25, 0.3) is 0 Å². The van der Waals surface area contributed by atoms with Crippen molar-refractivity contribution in [3.8, 4) is 0 Å². The number of thiophene rings is 1. The molecule has 0 aliphatic rings. The molecular formula is C16H31IN4S2. The second kappa shape index (κ2) is 14.4. The molecule has 0 aliphatic carbocycles. The molecule has 4 nitrogen and oxygen atoms in total. The zero-order chi connectivity index (χ0) is 16.2. The Morgan fingerprint density at radius 2 is 2.04 bits per heavy atom. The van der Waals surface area contributed by atoms with E-state index in [9.17, 15) is 0 Å². The molecule has 2 N–H and O–H groups in total. The lowest BCUT2D eigenvalue weighted by molar-refractivity contribution is 0.224. The van der Waals surface area contributed by atoms with E-state index in [1.54, 1.807) is 11.3 Å². The third-order valence-electron chi connectivity index (χ3n) is 3.55. The third kappa shape index (κ3) is 8.60. The molecule has 1 aromatic heterocycles. The van der Waals surface area contributed by atoms with Crippen molar-refractivity contribution < 1.29 is 0 Å². The monoisotopic (exact) mass is 470 g/mol. The lowest BCUT2D eigenvalue weighted by Crippen LogP contribution is -2.39. The summed E-state index contributed by atoms with van der Waals surface area (Å²) in [5.74, 6) is 2.01. The average Bonchev–Trinajstić information content (AvgIpc) is 3.05. The lowest BCUT2D eigenvalue weighted by atomic mass is 10.1. The second-order valence-electron chi connectivity index (χ2n) is 4.93. The van der Waals surface area contributed by atoms with Crippen LogP contribution < -0.4 is 10.6 Å². The van der Waals surface area contributed by atoms with Crippen molar-refractivity contribution in [2.75, 3.05) is 44.7 Å². The van der Waals surface area contributed by atoms with Crippen molar-refractivity contribution in [3.63, 3.8) is 0 Å². The van der Waals surface area contributed by atoms with Gasteiger partial charge < -0.3 is 10.6 Å². The molecule has 0 aliphatic heterocycles. The smallest absolute Gasteiger partial charge is 0.191 e. The van der Waals surface area contributed by atoms with Gasteiger partial charge in [0.15, 0.2) is 5.96 Å². The number of hydrogen-bond acceptors (Lipinski definition) is 4. The first kappa shape index (κ1) is 23.0. The Morgan fingerprint density at radius 3 is 2.57 bits per heavy atom. The fourth-order valence-electron chi connectivity index (χ4n) is 2.35. The summed E-state index contributed by atoms with van der Waals surface area (Å²) in [5.41, 5.74) is 1.37. The van der Waals surface area contributed by atoms with Gasteiger partial charge in [0.05, 0.1) is 12.6 Å². The van der Waals surface area contributed by atoms with Gasteiger partial charge in [0.25, 0.3) is 0 Å². The van der Waals surface area contributed by atoms with Crippen molar-refractivity contribution in [1.82, 2.24) is 15.5 Å². The van der Waals surface area contributed by atoms with E-state index in [1.165, 1.54) is 5.56 Å². The van der Waals surface area contributed by atoms with Crippen LogP contribution in [0.15, 0.2) is 21.8 Å². The van der Waals surface area contributed by atoms with E-state index in [4.69, 9.17) is 4.99 Å². The molecule has 1 atom stereocenters. The molecule has 0 fully saturated rings. The van der Waals surface area contributed by atoms with E-state index in [0.29, 0.717) is 6.04 Å². The number of nitrogens with zero attached hydrogens (tertiary/aromatic N) is 2. The van der Waals surface area contributed by atoms with Gasteiger partial charge in [0.2, 0.25) is 0 Å². The number of halogens is 1. The SMILES string of the molecule is CCNC(=NCC(c1ccsc1)N(CC)CC)NCCSC.I. The van der Waals surface area contributed by atoms with Gasteiger partial charge in [0, 0.05) is 18.8 Å². The van der Waals surface area contributed by atoms with E-state index in [0.717, 1.165) is 44.4 Å². The maximum atomic E-state index is 4.81. The highest BCUT2D eigenvalue weighted by Crippen LogP contribution is 2.23. The summed E-state index contributed by atoms with van der Waals surface area (Å²) >= 11 is 3.60. The number of likely N-dealkylation sites (N-methyl/N-ethyl adjacent to an activating group) is 1. The molecule has 0 radical (unpaired) electrons. The quantitative estimate of drug-likeness (QED) is 0.237. The molecule has 0 saturated heterocycles. The Kier molecular flexibility index (Phi) is 14.4. The second-order valence-corrected chi connectivity index (χ2v) is 6.70. The maximum Gasteiger partial charge on any atom is 0.191 e. The van der Waals surface area contributed by atoms with Crippen LogP contribution in [-0.2, 0) is 0 Å². The van der Waals surface area contributed by atoms with Gasteiger partial charge >= 0.3 is 0 Å². The first-order valence-electron chi connectivity index (χ1n) is 8.03. The summed E-state index contributed by atoms with van der Waals surface area (Å²) in [6, 6.07) is 2.58. The fraction of sp³-hybridized carbons (Fsp3) is 0.688. The van der Waals surface area contributed by atoms with E-state index in [2.05, 4.69) is 59.4 Å². The molecule has 1 rings (SSSR count). The van der Waals surface area contributed by atoms with Gasteiger partial charge in [-0.3, -0.25) is 9.89 Å². The van der Waals surface area contributed by atoms with Gasteiger partial charge in [-0.25, -0.2) is 0 Å². The highest BCUT2D eigenvalue weighted by Gasteiger charge is 2.18. The molecule has 0 saturated carbocycles. The number of hydrogen-bond donors (Lipinski definition) is 2. The molecular weight excluding hydrogens is 439 g/mol. The zero-order valence-electron chi connectivity index (χ0n) is 14.7. The van der Waals surface area contributed by atoms with Gasteiger partial charge in [-0.15, -0.1) is 24.0 Å². The minimum atomic E-state index is 0. The average molecular weight is 470 g/mol. The van der Waals surface area contributed by atoms with Crippen molar-refractivity contribution >= 4 is 53.0 Å². The summed E-state index contributed by atoms with van der Waals surface area (Å²) < 4.78 is 0. The molecule has 1 aromatic rings. The number of rotatable bonds is 10. The molecule has 7 heteroatoms. The van der Waals surface area contributed by atoms with Crippen LogP contribution in [0.4, 0.5) is 0 Å². The minimum Gasteiger partial charge on any atom is -0.357 e. The van der Waals surface area contributed by atoms with E-state index < -0.39 is 0 Å². The van der Waals surface area contributed by atoms with Crippen LogP contribution in [0.1, 0.15) is 32.4 Å². The number of aliphatic imine (C=N–C) groups is 1. The maximum absolute atomic E-state index is 4.81. The van der Waals surface area contributed by atoms with Crippen LogP contribution in [0.3, 0.4) is 0 Å². The molecule has 0 amide bonds. The van der Waals surface area contributed by atoms with Crippen LogP contribution in [0.5, 0.6) is 0 Å². The van der Waals surface area contributed by atoms with Crippen molar-refractivity contribution in [2.24, 2.45) is 4.99 Å². The predicted octanol–water partition coefficient (Wildman–Crippen LogP) is 3.67. The molecule has 0 bridgehead atoms. The van der Waals surface area contributed by atoms with Crippen molar-refractivity contribution in [1.29, 1.82) is 0 Å².